The summed E-state index contributed by atoms with van der Waals surface area (Å²) in [5.41, 5.74) is 4.06. The lowest BCUT2D eigenvalue weighted by Gasteiger charge is -2.40. The number of nitriles is 1. The number of methoxy groups -OCH3 is 1. The predicted octanol–water partition coefficient (Wildman–Crippen LogP) is 4.26. The van der Waals surface area contributed by atoms with E-state index < -0.39 is 6.10 Å². The number of ether oxygens (including phenoxy) is 1. The molecule has 0 bridgehead atoms. The standard InChI is InChI=1S/C29H32BrN7O3/c1-18-17-37(13-12-36(18)11-3-9-31)20-5-6-22-24(15-20)35-28(34-22)27-23(8-10-32-29(27)39)33-16-25(38)19-4-7-26(40-2)21(30)14-19/h4-8,10,14-15,18,25,38H,3,11-13,16-17H2,1-2H3,(H,34,35)(H2,32,33,39). The van der Waals surface area contributed by atoms with E-state index in [0.29, 0.717) is 40.9 Å². The molecule has 1 saturated heterocycles. The summed E-state index contributed by atoms with van der Waals surface area (Å²) < 4.78 is 6.02. The first kappa shape index (κ1) is 27.7. The third-order valence-corrected chi connectivity index (χ3v) is 7.97. The van der Waals surface area contributed by atoms with Gasteiger partial charge in [0.15, 0.2) is 0 Å². The van der Waals surface area contributed by atoms with Crippen LogP contribution in [0.3, 0.4) is 0 Å². The largest absolute Gasteiger partial charge is 0.496 e. The van der Waals surface area contributed by atoms with Crippen molar-refractivity contribution >= 4 is 38.3 Å². The van der Waals surface area contributed by atoms with E-state index in [4.69, 9.17) is 15.0 Å². The molecule has 40 heavy (non-hydrogen) atoms. The van der Waals surface area contributed by atoms with E-state index >= 15 is 0 Å². The fraction of sp³-hybridized carbons (Fsp3) is 0.345. The molecule has 1 aliphatic heterocycles. The third kappa shape index (κ3) is 5.84. The van der Waals surface area contributed by atoms with Gasteiger partial charge in [0.25, 0.3) is 5.56 Å². The van der Waals surface area contributed by atoms with E-state index in [2.05, 4.69) is 66.1 Å². The smallest absolute Gasteiger partial charge is 0.261 e. The highest BCUT2D eigenvalue weighted by Crippen LogP contribution is 2.30. The van der Waals surface area contributed by atoms with Crippen molar-refractivity contribution in [2.24, 2.45) is 0 Å². The lowest BCUT2D eigenvalue weighted by atomic mass is 10.1. The van der Waals surface area contributed by atoms with E-state index in [-0.39, 0.29) is 12.1 Å². The number of aromatic amines is 2. The quantitative estimate of drug-likeness (QED) is 0.222. The first-order valence-corrected chi connectivity index (χ1v) is 14.0. The number of aliphatic hydroxyl groups excluding tert-OH is 1. The minimum Gasteiger partial charge on any atom is -0.496 e. The van der Waals surface area contributed by atoms with Crippen LogP contribution in [0, 0.1) is 11.3 Å². The number of nitrogens with zero attached hydrogens (tertiary/aromatic N) is 4. The van der Waals surface area contributed by atoms with Crippen molar-refractivity contribution in [2.75, 3.05) is 50.1 Å². The van der Waals surface area contributed by atoms with Gasteiger partial charge in [0, 0.05) is 57.1 Å². The van der Waals surface area contributed by atoms with Gasteiger partial charge in [-0.3, -0.25) is 9.69 Å². The number of piperazine rings is 1. The zero-order chi connectivity index (χ0) is 28.2. The molecule has 2 aromatic carbocycles. The molecule has 2 aromatic heterocycles. The first-order chi connectivity index (χ1) is 19.4. The van der Waals surface area contributed by atoms with Gasteiger partial charge in [-0.2, -0.15) is 5.26 Å². The molecule has 5 rings (SSSR count). The molecule has 2 unspecified atom stereocenters. The van der Waals surface area contributed by atoms with Gasteiger partial charge in [0.2, 0.25) is 0 Å². The molecule has 1 aliphatic rings. The molecule has 0 amide bonds. The summed E-state index contributed by atoms with van der Waals surface area (Å²) in [7, 11) is 1.59. The van der Waals surface area contributed by atoms with Crippen LogP contribution in [0.5, 0.6) is 5.75 Å². The molecule has 0 spiro atoms. The Morgan fingerprint density at radius 3 is 2.88 bits per heavy atom. The van der Waals surface area contributed by atoms with Gasteiger partial charge < -0.3 is 30.0 Å². The van der Waals surface area contributed by atoms with E-state index in [9.17, 15) is 9.90 Å². The maximum atomic E-state index is 12.9. The number of H-pyrrole nitrogens is 2. The molecule has 208 valence electrons. The van der Waals surface area contributed by atoms with Crippen LogP contribution in [-0.4, -0.2) is 70.8 Å². The Bertz CT molecular complexity index is 1590. The summed E-state index contributed by atoms with van der Waals surface area (Å²) in [4.78, 5) is 28.4. The van der Waals surface area contributed by atoms with Gasteiger partial charge in [-0.1, -0.05) is 6.07 Å². The maximum absolute atomic E-state index is 12.9. The molecular weight excluding hydrogens is 574 g/mol. The van der Waals surface area contributed by atoms with E-state index in [1.54, 1.807) is 31.5 Å². The molecule has 0 aliphatic carbocycles. The summed E-state index contributed by atoms with van der Waals surface area (Å²) in [6, 6.07) is 15.8. The predicted molar refractivity (Wildman–Crippen MR) is 160 cm³/mol. The third-order valence-electron chi connectivity index (χ3n) is 7.35. The molecule has 10 nitrogen and oxygen atoms in total. The molecule has 1 fully saturated rings. The first-order valence-electron chi connectivity index (χ1n) is 13.2. The zero-order valence-corrected chi connectivity index (χ0v) is 24.0. The number of benzene rings is 2. The molecular formula is C29H32BrN7O3. The van der Waals surface area contributed by atoms with Crippen LogP contribution in [0.2, 0.25) is 0 Å². The number of imidazole rings is 1. The van der Waals surface area contributed by atoms with Crippen LogP contribution in [0.15, 0.2) is 57.9 Å². The minimum absolute atomic E-state index is 0.193. The molecule has 4 N–H and O–H groups in total. The van der Waals surface area contributed by atoms with Crippen molar-refractivity contribution < 1.29 is 9.84 Å². The fourth-order valence-corrected chi connectivity index (χ4v) is 5.70. The Morgan fingerprint density at radius 2 is 2.12 bits per heavy atom. The van der Waals surface area contributed by atoms with Gasteiger partial charge >= 0.3 is 0 Å². The lowest BCUT2D eigenvalue weighted by molar-refractivity contribution is 0.191. The lowest BCUT2D eigenvalue weighted by Crippen LogP contribution is -2.52. The van der Waals surface area contributed by atoms with Gasteiger partial charge in [0.05, 0.1) is 40.5 Å². The average molecular weight is 607 g/mol. The van der Waals surface area contributed by atoms with Crippen LogP contribution in [0.25, 0.3) is 22.4 Å². The van der Waals surface area contributed by atoms with Crippen molar-refractivity contribution in [3.63, 3.8) is 0 Å². The van der Waals surface area contributed by atoms with Crippen molar-refractivity contribution in [2.45, 2.75) is 25.5 Å². The zero-order valence-electron chi connectivity index (χ0n) is 22.4. The number of aromatic nitrogens is 3. The highest BCUT2D eigenvalue weighted by Gasteiger charge is 2.24. The minimum atomic E-state index is -0.810. The Kier molecular flexibility index (Phi) is 8.40. The van der Waals surface area contributed by atoms with Crippen LogP contribution in [-0.2, 0) is 0 Å². The van der Waals surface area contributed by atoms with Crippen molar-refractivity contribution in [1.82, 2.24) is 19.9 Å². The summed E-state index contributed by atoms with van der Waals surface area (Å²) in [5.74, 6) is 1.13. The van der Waals surface area contributed by atoms with E-state index in [0.717, 1.165) is 47.4 Å². The summed E-state index contributed by atoms with van der Waals surface area (Å²) in [5, 5.41) is 22.9. The van der Waals surface area contributed by atoms with Gasteiger partial charge in [-0.25, -0.2) is 4.98 Å². The Hall–Kier alpha value is -3.85. The molecule has 3 heterocycles. The maximum Gasteiger partial charge on any atom is 0.261 e. The highest BCUT2D eigenvalue weighted by atomic mass is 79.9. The number of aliphatic hydroxyl groups is 1. The second-order valence-electron chi connectivity index (χ2n) is 9.91. The average Bonchev–Trinajstić information content (AvgIpc) is 3.38. The fourth-order valence-electron chi connectivity index (χ4n) is 5.14. The normalized spacial score (nSPS) is 16.6. The molecule has 4 aromatic rings. The monoisotopic (exact) mass is 605 g/mol. The van der Waals surface area contributed by atoms with Gasteiger partial charge in [0.1, 0.15) is 17.1 Å². The van der Waals surface area contributed by atoms with Crippen molar-refractivity contribution in [1.29, 1.82) is 5.26 Å². The highest BCUT2D eigenvalue weighted by molar-refractivity contribution is 9.10. The Labute approximate surface area is 240 Å². The van der Waals surface area contributed by atoms with E-state index in [1.807, 2.05) is 12.1 Å². The van der Waals surface area contributed by atoms with Gasteiger partial charge in [-0.05, 0) is 64.8 Å². The number of halogens is 1. The number of hydrogen-bond acceptors (Lipinski definition) is 8. The van der Waals surface area contributed by atoms with Crippen LogP contribution in [0.1, 0.15) is 25.0 Å². The number of hydrogen-bond donors (Lipinski definition) is 4. The molecule has 0 saturated carbocycles. The number of anilines is 2. The molecule has 11 heteroatoms. The summed E-state index contributed by atoms with van der Waals surface area (Å²) in [6.07, 6.45) is 1.30. The Balaban J connectivity index is 1.34. The second kappa shape index (κ2) is 12.1. The summed E-state index contributed by atoms with van der Waals surface area (Å²) in [6.45, 7) is 5.84. The number of fused-ring (bicyclic) bond motifs is 1. The van der Waals surface area contributed by atoms with Crippen molar-refractivity contribution in [3.05, 3.63) is 69.1 Å². The van der Waals surface area contributed by atoms with Crippen LogP contribution in [0.4, 0.5) is 11.4 Å². The van der Waals surface area contributed by atoms with Crippen LogP contribution >= 0.6 is 15.9 Å². The van der Waals surface area contributed by atoms with Gasteiger partial charge in [-0.15, -0.1) is 0 Å². The van der Waals surface area contributed by atoms with Crippen LogP contribution < -0.4 is 20.5 Å². The van der Waals surface area contributed by atoms with E-state index in [1.165, 1.54) is 0 Å². The summed E-state index contributed by atoms with van der Waals surface area (Å²) >= 11 is 3.45. The molecule has 0 radical (unpaired) electrons. The number of rotatable bonds is 9. The van der Waals surface area contributed by atoms with Crippen molar-refractivity contribution in [3.8, 4) is 23.2 Å². The Morgan fingerprint density at radius 1 is 1.27 bits per heavy atom. The number of pyridine rings is 1. The number of nitrogens with one attached hydrogen (secondary N) is 3. The SMILES string of the molecule is COc1ccc(C(O)CNc2cc[nH]c(=O)c2-c2nc3ccc(N4CCN(CCC#N)C(C)C4)cc3[nH]2)cc1Br. The molecule has 2 atom stereocenters. The second-order valence-corrected chi connectivity index (χ2v) is 10.8. The topological polar surface area (TPSA) is 133 Å².